The molecule has 0 fully saturated rings. The molecule has 1 amide bonds. The quantitative estimate of drug-likeness (QED) is 0.570. The third-order valence-corrected chi connectivity index (χ3v) is 5.25. The van der Waals surface area contributed by atoms with Crippen LogP contribution in [0.3, 0.4) is 0 Å². The maximum atomic E-state index is 13.7. The van der Waals surface area contributed by atoms with Crippen LogP contribution in [-0.4, -0.2) is 26.4 Å². The molecule has 158 valence electrons. The molecule has 1 aliphatic carbocycles. The van der Waals surface area contributed by atoms with Crippen molar-refractivity contribution in [3.05, 3.63) is 95.1 Å². The monoisotopic (exact) mass is 421 g/mol. The average Bonchev–Trinajstić information content (AvgIpc) is 3.09. The number of alkyl carbamates (subject to hydrolysis) is 1. The Labute approximate surface area is 179 Å². The van der Waals surface area contributed by atoms with Crippen molar-refractivity contribution in [1.82, 2.24) is 5.32 Å². The van der Waals surface area contributed by atoms with Gasteiger partial charge in [-0.3, -0.25) is 0 Å². The highest BCUT2D eigenvalue weighted by atomic mass is 19.1. The minimum Gasteiger partial charge on any atom is -0.493 e. The molecule has 4 rings (SSSR count). The van der Waals surface area contributed by atoms with Crippen LogP contribution in [0.2, 0.25) is 0 Å². The number of amides is 1. The first-order valence-electron chi connectivity index (χ1n) is 9.87. The number of benzene rings is 3. The van der Waals surface area contributed by atoms with Crippen LogP contribution in [0.1, 0.15) is 22.6 Å². The van der Waals surface area contributed by atoms with E-state index < -0.39 is 17.7 Å². The van der Waals surface area contributed by atoms with E-state index in [1.807, 2.05) is 24.3 Å². The molecule has 0 spiro atoms. The third kappa shape index (κ3) is 4.28. The Hall–Kier alpha value is -3.67. The zero-order chi connectivity index (χ0) is 21.8. The number of hydrogen-bond donors (Lipinski definition) is 1. The van der Waals surface area contributed by atoms with Gasteiger partial charge in [0.2, 0.25) is 0 Å². The van der Waals surface area contributed by atoms with E-state index in [0.29, 0.717) is 0 Å². The second kappa shape index (κ2) is 9.00. The number of carbonyl (C=O) groups excluding carboxylic acids is 1. The van der Waals surface area contributed by atoms with Gasteiger partial charge in [-0.25, -0.2) is 13.6 Å². The highest BCUT2D eigenvalue weighted by Crippen LogP contribution is 2.44. The standard InChI is InChI=1S/C25H21F2NO3/c1-30-24-16(13-17(26)14-23(24)27)7-6-12-28-25(29)31-15-22-20-10-4-2-8-18(20)19-9-3-5-11-21(19)22/h2-11,13-14,22H,12,15H2,1H3,(H,28,29). The topological polar surface area (TPSA) is 47.6 Å². The van der Waals surface area contributed by atoms with Crippen molar-refractivity contribution in [2.45, 2.75) is 5.92 Å². The third-order valence-electron chi connectivity index (χ3n) is 5.25. The van der Waals surface area contributed by atoms with Crippen LogP contribution in [0.5, 0.6) is 5.75 Å². The molecule has 0 bridgehead atoms. The Morgan fingerprint density at radius 2 is 1.68 bits per heavy atom. The second-order valence-electron chi connectivity index (χ2n) is 7.12. The van der Waals surface area contributed by atoms with E-state index in [1.54, 1.807) is 6.08 Å². The number of rotatable bonds is 6. The van der Waals surface area contributed by atoms with Crippen LogP contribution in [0.15, 0.2) is 66.7 Å². The van der Waals surface area contributed by atoms with Gasteiger partial charge in [-0.05, 0) is 28.3 Å². The molecule has 0 aliphatic heterocycles. The van der Waals surface area contributed by atoms with E-state index in [0.717, 1.165) is 34.4 Å². The Balaban J connectivity index is 1.35. The second-order valence-corrected chi connectivity index (χ2v) is 7.12. The molecule has 3 aromatic rings. The van der Waals surface area contributed by atoms with Crippen LogP contribution >= 0.6 is 0 Å². The summed E-state index contributed by atoms with van der Waals surface area (Å²) in [6.07, 6.45) is 2.48. The summed E-state index contributed by atoms with van der Waals surface area (Å²) in [7, 11) is 1.31. The van der Waals surface area contributed by atoms with E-state index >= 15 is 0 Å². The largest absolute Gasteiger partial charge is 0.493 e. The molecule has 0 saturated heterocycles. The normalized spacial score (nSPS) is 12.5. The highest BCUT2D eigenvalue weighted by molar-refractivity contribution is 5.79. The summed E-state index contributed by atoms with van der Waals surface area (Å²) in [5, 5.41) is 2.62. The summed E-state index contributed by atoms with van der Waals surface area (Å²) in [5.41, 5.74) is 4.83. The summed E-state index contributed by atoms with van der Waals surface area (Å²) in [6, 6.07) is 18.1. The molecule has 0 unspecified atom stereocenters. The number of fused-ring (bicyclic) bond motifs is 3. The fourth-order valence-electron chi connectivity index (χ4n) is 3.90. The van der Waals surface area contributed by atoms with Crippen LogP contribution < -0.4 is 10.1 Å². The van der Waals surface area contributed by atoms with Crippen LogP contribution in [0.4, 0.5) is 13.6 Å². The number of hydrogen-bond acceptors (Lipinski definition) is 3. The van der Waals surface area contributed by atoms with E-state index in [2.05, 4.69) is 29.6 Å². The molecular weight excluding hydrogens is 400 g/mol. The molecule has 0 heterocycles. The van der Waals surface area contributed by atoms with Crippen molar-refractivity contribution in [2.75, 3.05) is 20.3 Å². The lowest BCUT2D eigenvalue weighted by atomic mass is 9.98. The van der Waals surface area contributed by atoms with Gasteiger partial charge in [-0.1, -0.05) is 60.7 Å². The molecule has 0 atom stereocenters. The zero-order valence-corrected chi connectivity index (χ0v) is 16.9. The van der Waals surface area contributed by atoms with Gasteiger partial charge in [0, 0.05) is 24.1 Å². The molecule has 0 aromatic heterocycles. The van der Waals surface area contributed by atoms with Crippen LogP contribution in [-0.2, 0) is 4.74 Å². The van der Waals surface area contributed by atoms with Crippen molar-refractivity contribution in [3.63, 3.8) is 0 Å². The van der Waals surface area contributed by atoms with Gasteiger partial charge in [-0.15, -0.1) is 0 Å². The summed E-state index contributed by atoms with van der Waals surface area (Å²) in [6.45, 7) is 0.352. The van der Waals surface area contributed by atoms with Crippen LogP contribution in [0, 0.1) is 11.6 Å². The summed E-state index contributed by atoms with van der Waals surface area (Å²) >= 11 is 0. The van der Waals surface area contributed by atoms with Crippen molar-refractivity contribution in [1.29, 1.82) is 0 Å². The predicted octanol–water partition coefficient (Wildman–Crippen LogP) is 5.53. The van der Waals surface area contributed by atoms with Gasteiger partial charge >= 0.3 is 6.09 Å². The summed E-state index contributed by atoms with van der Waals surface area (Å²) in [5.74, 6) is -1.57. The van der Waals surface area contributed by atoms with Crippen LogP contribution in [0.25, 0.3) is 17.2 Å². The maximum Gasteiger partial charge on any atom is 0.407 e. The van der Waals surface area contributed by atoms with E-state index in [-0.39, 0.29) is 30.4 Å². The summed E-state index contributed by atoms with van der Waals surface area (Å²) < 4.78 is 37.5. The molecule has 0 radical (unpaired) electrons. The molecular formula is C25H21F2NO3. The molecule has 4 nitrogen and oxygen atoms in total. The van der Waals surface area contributed by atoms with E-state index in [1.165, 1.54) is 13.2 Å². The molecule has 0 saturated carbocycles. The van der Waals surface area contributed by atoms with Gasteiger partial charge < -0.3 is 14.8 Å². The number of halogens is 2. The van der Waals surface area contributed by atoms with Gasteiger partial charge in [-0.2, -0.15) is 0 Å². The molecule has 3 aromatic carbocycles. The number of carbonyl (C=O) groups is 1. The fourth-order valence-corrected chi connectivity index (χ4v) is 3.90. The average molecular weight is 421 g/mol. The number of nitrogens with one attached hydrogen (secondary N) is 1. The van der Waals surface area contributed by atoms with Gasteiger partial charge in [0.25, 0.3) is 0 Å². The number of methoxy groups -OCH3 is 1. The van der Waals surface area contributed by atoms with Gasteiger partial charge in [0.05, 0.1) is 7.11 Å². The highest BCUT2D eigenvalue weighted by Gasteiger charge is 2.28. The molecule has 1 aliphatic rings. The predicted molar refractivity (Wildman–Crippen MR) is 115 cm³/mol. The SMILES string of the molecule is COc1c(F)cc(F)cc1C=CCNC(=O)OCC1c2ccccc2-c2ccccc21. The van der Waals surface area contributed by atoms with Crippen molar-refractivity contribution in [3.8, 4) is 16.9 Å². The first-order valence-corrected chi connectivity index (χ1v) is 9.87. The smallest absolute Gasteiger partial charge is 0.407 e. The van der Waals surface area contributed by atoms with Crippen molar-refractivity contribution >= 4 is 12.2 Å². The minimum atomic E-state index is -0.786. The first kappa shape index (κ1) is 20.6. The Morgan fingerprint density at radius 3 is 2.32 bits per heavy atom. The van der Waals surface area contributed by atoms with E-state index in [4.69, 9.17) is 9.47 Å². The lowest BCUT2D eigenvalue weighted by molar-refractivity contribution is 0.144. The first-order chi connectivity index (χ1) is 15.1. The Morgan fingerprint density at radius 1 is 1.03 bits per heavy atom. The fraction of sp³-hybridized carbons (Fsp3) is 0.160. The lowest BCUT2D eigenvalue weighted by Gasteiger charge is -2.14. The van der Waals surface area contributed by atoms with Crippen molar-refractivity contribution < 1.29 is 23.0 Å². The van der Waals surface area contributed by atoms with Gasteiger partial charge in [0.15, 0.2) is 11.6 Å². The molecule has 6 heteroatoms. The Kier molecular flexibility index (Phi) is 5.98. The Bertz CT molecular complexity index is 1100. The number of ether oxygens (including phenoxy) is 2. The molecule has 31 heavy (non-hydrogen) atoms. The minimum absolute atomic E-state index is 0.0202. The van der Waals surface area contributed by atoms with Gasteiger partial charge in [0.1, 0.15) is 12.4 Å². The maximum absolute atomic E-state index is 13.7. The summed E-state index contributed by atoms with van der Waals surface area (Å²) in [4.78, 5) is 12.2. The molecule has 1 N–H and O–H groups in total. The lowest BCUT2D eigenvalue weighted by Crippen LogP contribution is -2.26. The van der Waals surface area contributed by atoms with E-state index in [9.17, 15) is 13.6 Å². The zero-order valence-electron chi connectivity index (χ0n) is 16.9. The van der Waals surface area contributed by atoms with Crippen molar-refractivity contribution in [2.24, 2.45) is 0 Å².